The van der Waals surface area contributed by atoms with Crippen LogP contribution in [0, 0.1) is 0 Å². The van der Waals surface area contributed by atoms with Crippen LogP contribution < -0.4 is 5.32 Å². The van der Waals surface area contributed by atoms with Crippen molar-refractivity contribution in [3.8, 4) is 0 Å². The Morgan fingerprint density at radius 1 is 1.29 bits per heavy atom. The predicted molar refractivity (Wildman–Crippen MR) is 69.9 cm³/mol. The maximum atomic E-state index is 11.5. The minimum Gasteiger partial charge on any atom is -0.384 e. The predicted octanol–water partition coefficient (Wildman–Crippen LogP) is 1.79. The summed E-state index contributed by atoms with van der Waals surface area (Å²) in [6.07, 6.45) is 0.739. The highest BCUT2D eigenvalue weighted by Crippen LogP contribution is 2.14. The van der Waals surface area contributed by atoms with E-state index >= 15 is 0 Å². The van der Waals surface area contributed by atoms with E-state index in [9.17, 15) is 8.42 Å². The van der Waals surface area contributed by atoms with E-state index in [1.54, 1.807) is 12.1 Å². The summed E-state index contributed by atoms with van der Waals surface area (Å²) in [5.41, 5.74) is 0.950. The molecule has 1 aliphatic rings. The molecule has 1 fully saturated rings. The molecule has 0 atom stereocenters. The van der Waals surface area contributed by atoms with Crippen LogP contribution in [0.1, 0.15) is 6.42 Å². The summed E-state index contributed by atoms with van der Waals surface area (Å²) in [5, 5.41) is 3.86. The number of nitrogens with one attached hydrogen (secondary N) is 1. The maximum Gasteiger partial charge on any atom is 0.214 e. The Balaban J connectivity index is 1.82. The van der Waals surface area contributed by atoms with Crippen LogP contribution >= 0.6 is 11.6 Å². The van der Waals surface area contributed by atoms with E-state index in [0.29, 0.717) is 24.7 Å². The molecule has 1 aromatic rings. The van der Waals surface area contributed by atoms with E-state index in [-0.39, 0.29) is 5.75 Å². The van der Waals surface area contributed by atoms with Gasteiger partial charge in [-0.3, -0.25) is 0 Å². The van der Waals surface area contributed by atoms with Gasteiger partial charge in [0.25, 0.3) is 0 Å². The van der Waals surface area contributed by atoms with Crippen molar-refractivity contribution >= 4 is 27.3 Å². The quantitative estimate of drug-likeness (QED) is 0.911. The molecule has 0 radical (unpaired) electrons. The van der Waals surface area contributed by atoms with E-state index < -0.39 is 10.0 Å². The summed E-state index contributed by atoms with van der Waals surface area (Å²) >= 11 is 5.77. The highest BCUT2D eigenvalue weighted by molar-refractivity contribution is 7.89. The van der Waals surface area contributed by atoms with Crippen LogP contribution in [-0.2, 0) is 10.0 Å². The fraction of sp³-hybridized carbons (Fsp3) is 0.455. The summed E-state index contributed by atoms with van der Waals surface area (Å²) in [6, 6.07) is 7.36. The molecule has 0 spiro atoms. The second-order valence-corrected chi connectivity index (χ2v) is 6.53. The Morgan fingerprint density at radius 2 is 2.00 bits per heavy atom. The van der Waals surface area contributed by atoms with E-state index in [1.807, 2.05) is 12.1 Å². The Kier molecular flexibility index (Phi) is 3.91. The van der Waals surface area contributed by atoms with Gasteiger partial charge in [0.05, 0.1) is 5.75 Å². The number of rotatable bonds is 4. The molecule has 1 heterocycles. The van der Waals surface area contributed by atoms with Gasteiger partial charge >= 0.3 is 0 Å². The van der Waals surface area contributed by atoms with Crippen LogP contribution in [0.3, 0.4) is 0 Å². The van der Waals surface area contributed by atoms with Gasteiger partial charge in [-0.25, -0.2) is 12.7 Å². The molecule has 1 aromatic carbocycles. The fourth-order valence-corrected chi connectivity index (χ4v) is 3.49. The molecule has 1 N–H and O–H groups in total. The van der Waals surface area contributed by atoms with Crippen molar-refractivity contribution in [2.24, 2.45) is 0 Å². The average Bonchev–Trinajstić information content (AvgIpc) is 2.61. The lowest BCUT2D eigenvalue weighted by Gasteiger charge is -2.14. The normalized spacial score (nSPS) is 19.4. The van der Waals surface area contributed by atoms with E-state index in [2.05, 4.69) is 5.32 Å². The topological polar surface area (TPSA) is 49.4 Å². The summed E-state index contributed by atoms with van der Waals surface area (Å²) < 4.78 is 24.6. The van der Waals surface area contributed by atoms with Crippen LogP contribution in [0.2, 0.25) is 5.02 Å². The zero-order valence-electron chi connectivity index (χ0n) is 9.39. The second-order valence-electron chi connectivity index (χ2n) is 4.00. The lowest BCUT2D eigenvalue weighted by atomic mass is 10.3. The first-order valence-corrected chi connectivity index (χ1v) is 7.54. The molecule has 94 valence electrons. The van der Waals surface area contributed by atoms with Gasteiger partial charge in [-0.15, -0.1) is 0 Å². The van der Waals surface area contributed by atoms with Gasteiger partial charge in [-0.05, 0) is 30.7 Å². The second kappa shape index (κ2) is 5.25. The first kappa shape index (κ1) is 12.7. The van der Waals surface area contributed by atoms with Gasteiger partial charge < -0.3 is 5.32 Å². The smallest absolute Gasteiger partial charge is 0.214 e. The third kappa shape index (κ3) is 3.34. The van der Waals surface area contributed by atoms with Crippen molar-refractivity contribution in [2.45, 2.75) is 6.42 Å². The molecule has 1 aliphatic heterocycles. The highest BCUT2D eigenvalue weighted by atomic mass is 35.5. The lowest BCUT2D eigenvalue weighted by Crippen LogP contribution is -2.30. The molecule has 4 nitrogen and oxygen atoms in total. The number of benzene rings is 1. The van der Waals surface area contributed by atoms with Crippen molar-refractivity contribution < 1.29 is 8.42 Å². The highest BCUT2D eigenvalue weighted by Gasteiger charge is 2.27. The van der Waals surface area contributed by atoms with Gasteiger partial charge in [0.2, 0.25) is 10.0 Å². The first-order valence-electron chi connectivity index (χ1n) is 5.55. The number of anilines is 1. The van der Waals surface area contributed by atoms with Gasteiger partial charge in [0.1, 0.15) is 0 Å². The van der Waals surface area contributed by atoms with Crippen molar-refractivity contribution in [1.29, 1.82) is 0 Å². The number of hydrogen-bond donors (Lipinski definition) is 1. The molecule has 17 heavy (non-hydrogen) atoms. The van der Waals surface area contributed by atoms with Crippen LogP contribution in [0.4, 0.5) is 5.69 Å². The van der Waals surface area contributed by atoms with Crippen molar-refractivity contribution in [2.75, 3.05) is 30.7 Å². The van der Waals surface area contributed by atoms with Gasteiger partial charge in [-0.2, -0.15) is 0 Å². The summed E-state index contributed by atoms with van der Waals surface area (Å²) in [7, 11) is -2.98. The molecular formula is C11H15ClN2O2S. The summed E-state index contributed by atoms with van der Waals surface area (Å²) in [4.78, 5) is 0. The van der Waals surface area contributed by atoms with Gasteiger partial charge in [-0.1, -0.05) is 11.6 Å². The fourth-order valence-electron chi connectivity index (χ4n) is 1.84. The molecule has 6 heteroatoms. The molecule has 1 saturated heterocycles. The Labute approximate surface area is 107 Å². The number of sulfonamides is 1. The molecular weight excluding hydrogens is 260 g/mol. The molecule has 0 bridgehead atoms. The third-order valence-corrected chi connectivity index (χ3v) is 4.95. The Hall–Kier alpha value is -0.780. The number of halogens is 1. The molecule has 0 unspecified atom stereocenters. The van der Waals surface area contributed by atoms with Crippen molar-refractivity contribution in [3.05, 3.63) is 29.3 Å². The molecule has 2 rings (SSSR count). The summed E-state index contributed by atoms with van der Waals surface area (Å²) in [5.74, 6) is 0.286. The largest absolute Gasteiger partial charge is 0.384 e. The van der Waals surface area contributed by atoms with E-state index in [4.69, 9.17) is 11.6 Å². The Bertz CT molecular complexity index is 473. The van der Waals surface area contributed by atoms with E-state index in [0.717, 1.165) is 12.1 Å². The van der Waals surface area contributed by atoms with Crippen LogP contribution in [-0.4, -0.2) is 38.1 Å². The molecule has 0 amide bonds. The SMILES string of the molecule is O=S1(=O)CCCN1CCNc1ccc(Cl)cc1. The molecule has 0 saturated carbocycles. The zero-order valence-corrected chi connectivity index (χ0v) is 11.0. The third-order valence-electron chi connectivity index (χ3n) is 2.74. The molecule has 0 aromatic heterocycles. The number of nitrogens with zero attached hydrogens (tertiary/aromatic N) is 1. The van der Waals surface area contributed by atoms with Crippen LogP contribution in [0.5, 0.6) is 0 Å². The first-order chi connectivity index (χ1) is 8.08. The monoisotopic (exact) mass is 274 g/mol. The summed E-state index contributed by atoms with van der Waals surface area (Å²) in [6.45, 7) is 1.77. The molecule has 0 aliphatic carbocycles. The maximum absolute atomic E-state index is 11.5. The van der Waals surface area contributed by atoms with Crippen molar-refractivity contribution in [3.63, 3.8) is 0 Å². The van der Waals surface area contributed by atoms with Crippen LogP contribution in [0.15, 0.2) is 24.3 Å². The minimum absolute atomic E-state index is 0.286. The van der Waals surface area contributed by atoms with Gasteiger partial charge in [0, 0.05) is 30.3 Å². The average molecular weight is 275 g/mol. The van der Waals surface area contributed by atoms with Crippen LogP contribution in [0.25, 0.3) is 0 Å². The van der Waals surface area contributed by atoms with Gasteiger partial charge in [0.15, 0.2) is 0 Å². The number of hydrogen-bond acceptors (Lipinski definition) is 3. The Morgan fingerprint density at radius 3 is 2.59 bits per heavy atom. The lowest BCUT2D eigenvalue weighted by molar-refractivity contribution is 0.456. The minimum atomic E-state index is -2.98. The standard InChI is InChI=1S/C11H15ClN2O2S/c12-10-2-4-11(5-3-10)13-6-8-14-7-1-9-17(14,15)16/h2-5,13H,1,6-9H2. The van der Waals surface area contributed by atoms with E-state index in [1.165, 1.54) is 4.31 Å². The van der Waals surface area contributed by atoms with Crippen molar-refractivity contribution in [1.82, 2.24) is 4.31 Å². The zero-order chi connectivity index (χ0) is 12.3.